The van der Waals surface area contributed by atoms with E-state index in [1.165, 1.54) is 0 Å². The molecule has 6 heteroatoms. The smallest absolute Gasteiger partial charge is 0.170 e. The van der Waals surface area contributed by atoms with E-state index in [2.05, 4.69) is 10.2 Å². The van der Waals surface area contributed by atoms with Crippen LogP contribution in [-0.4, -0.2) is 23.9 Å². The van der Waals surface area contributed by atoms with Gasteiger partial charge in [-0.2, -0.15) is 5.10 Å². The van der Waals surface area contributed by atoms with Crippen molar-refractivity contribution >= 4 is 17.4 Å². The van der Waals surface area contributed by atoms with Crippen molar-refractivity contribution in [3.8, 4) is 22.6 Å². The highest BCUT2D eigenvalue weighted by molar-refractivity contribution is 6.34. The van der Waals surface area contributed by atoms with Crippen molar-refractivity contribution in [3.63, 3.8) is 0 Å². The third kappa shape index (κ3) is 2.09. The van der Waals surface area contributed by atoms with Gasteiger partial charge in [-0.15, -0.1) is 0 Å². The molecular weight excluding hydrogens is 254 g/mol. The van der Waals surface area contributed by atoms with Crippen molar-refractivity contribution < 1.29 is 9.47 Å². The summed E-state index contributed by atoms with van der Waals surface area (Å²) in [6, 6.07) is 3.50. The molecule has 1 aromatic heterocycles. The van der Waals surface area contributed by atoms with Crippen LogP contribution in [-0.2, 0) is 0 Å². The van der Waals surface area contributed by atoms with Crippen molar-refractivity contribution in [1.29, 1.82) is 0 Å². The fraction of sp³-hybridized carbons (Fsp3) is 0.250. The molecule has 3 N–H and O–H groups in total. The number of nitrogens with one attached hydrogen (secondary N) is 1. The lowest BCUT2D eigenvalue weighted by Gasteiger charge is -2.15. The molecule has 5 nitrogen and oxygen atoms in total. The number of H-pyrrole nitrogens is 1. The lowest BCUT2D eigenvalue weighted by atomic mass is 10.1. The van der Waals surface area contributed by atoms with Gasteiger partial charge in [0.1, 0.15) is 5.82 Å². The van der Waals surface area contributed by atoms with Crippen molar-refractivity contribution in [2.45, 2.75) is 6.92 Å². The van der Waals surface area contributed by atoms with Crippen LogP contribution in [0.25, 0.3) is 11.1 Å². The SMILES string of the molecule is CCOc1c(OC)ccc(Cl)c1-c1cn[nH]c1N. The number of benzene rings is 1. The molecule has 0 bridgehead atoms. The van der Waals surface area contributed by atoms with Gasteiger partial charge in [-0.1, -0.05) is 11.6 Å². The number of rotatable bonds is 4. The third-order valence-electron chi connectivity index (χ3n) is 2.52. The summed E-state index contributed by atoms with van der Waals surface area (Å²) in [7, 11) is 1.58. The summed E-state index contributed by atoms with van der Waals surface area (Å²) >= 11 is 6.22. The Bertz CT molecular complexity index is 554. The molecule has 1 aromatic carbocycles. The average molecular weight is 268 g/mol. The van der Waals surface area contributed by atoms with Crippen molar-refractivity contribution in [3.05, 3.63) is 23.4 Å². The first kappa shape index (κ1) is 12.6. The van der Waals surface area contributed by atoms with E-state index in [9.17, 15) is 0 Å². The summed E-state index contributed by atoms with van der Waals surface area (Å²) in [5.74, 6) is 1.61. The van der Waals surface area contributed by atoms with E-state index in [0.717, 1.165) is 0 Å². The maximum absolute atomic E-state index is 6.22. The zero-order valence-electron chi connectivity index (χ0n) is 10.2. The van der Waals surface area contributed by atoms with E-state index in [1.807, 2.05) is 6.92 Å². The summed E-state index contributed by atoms with van der Waals surface area (Å²) in [5, 5.41) is 7.10. The van der Waals surface area contributed by atoms with Gasteiger partial charge in [-0.05, 0) is 19.1 Å². The second-order valence-electron chi connectivity index (χ2n) is 3.58. The van der Waals surface area contributed by atoms with Gasteiger partial charge in [0.15, 0.2) is 11.5 Å². The minimum Gasteiger partial charge on any atom is -0.493 e. The number of nitrogens with two attached hydrogens (primary N) is 1. The van der Waals surface area contributed by atoms with Crippen LogP contribution in [0, 0.1) is 0 Å². The number of hydrogen-bond acceptors (Lipinski definition) is 4. The van der Waals surface area contributed by atoms with E-state index < -0.39 is 0 Å². The summed E-state index contributed by atoms with van der Waals surface area (Å²) in [6.45, 7) is 2.39. The van der Waals surface area contributed by atoms with Crippen LogP contribution in [0.15, 0.2) is 18.3 Å². The number of anilines is 1. The zero-order valence-corrected chi connectivity index (χ0v) is 10.9. The summed E-state index contributed by atoms with van der Waals surface area (Å²) in [4.78, 5) is 0. The Morgan fingerprint density at radius 3 is 2.78 bits per heavy atom. The van der Waals surface area contributed by atoms with Gasteiger partial charge in [0.05, 0.1) is 30.5 Å². The Balaban J connectivity index is 2.67. The molecule has 96 valence electrons. The largest absolute Gasteiger partial charge is 0.493 e. The van der Waals surface area contributed by atoms with Crippen LogP contribution in [0.4, 0.5) is 5.82 Å². The van der Waals surface area contributed by atoms with Gasteiger partial charge >= 0.3 is 0 Å². The summed E-state index contributed by atoms with van der Waals surface area (Å²) in [5.41, 5.74) is 7.21. The van der Waals surface area contributed by atoms with Gasteiger partial charge in [0.2, 0.25) is 0 Å². The maximum atomic E-state index is 6.22. The topological polar surface area (TPSA) is 73.2 Å². The summed E-state index contributed by atoms with van der Waals surface area (Å²) < 4.78 is 10.9. The number of aromatic nitrogens is 2. The standard InChI is InChI=1S/C12H14ClN3O2/c1-3-18-11-9(17-2)5-4-8(13)10(11)7-6-15-16-12(7)14/h4-6H,3H2,1-2H3,(H3,14,15,16). The van der Waals surface area contributed by atoms with Crippen molar-refractivity contribution in [1.82, 2.24) is 10.2 Å². The second kappa shape index (κ2) is 5.18. The zero-order chi connectivity index (χ0) is 13.1. The molecule has 0 unspecified atom stereocenters. The quantitative estimate of drug-likeness (QED) is 0.893. The molecule has 2 aromatic rings. The van der Waals surface area contributed by atoms with Gasteiger partial charge in [-0.3, -0.25) is 5.10 Å². The molecule has 0 saturated heterocycles. The van der Waals surface area contributed by atoms with E-state index in [0.29, 0.717) is 40.1 Å². The molecule has 18 heavy (non-hydrogen) atoms. The molecule has 0 aliphatic carbocycles. The Labute approximate surface area is 110 Å². The number of aromatic amines is 1. The first-order valence-electron chi connectivity index (χ1n) is 5.47. The van der Waals surface area contributed by atoms with E-state index in [1.54, 1.807) is 25.4 Å². The summed E-state index contributed by atoms with van der Waals surface area (Å²) in [6.07, 6.45) is 1.61. The van der Waals surface area contributed by atoms with Crippen molar-refractivity contribution in [2.75, 3.05) is 19.5 Å². The Hall–Kier alpha value is -1.88. The molecule has 0 saturated carbocycles. The maximum Gasteiger partial charge on any atom is 0.170 e. The third-order valence-corrected chi connectivity index (χ3v) is 2.83. The molecule has 0 fully saturated rings. The number of methoxy groups -OCH3 is 1. The number of nitrogen functional groups attached to an aromatic ring is 1. The van der Waals surface area contributed by atoms with Crippen LogP contribution >= 0.6 is 11.6 Å². The van der Waals surface area contributed by atoms with Gasteiger partial charge < -0.3 is 15.2 Å². The predicted molar refractivity (Wildman–Crippen MR) is 71.2 cm³/mol. The lowest BCUT2D eigenvalue weighted by Crippen LogP contribution is -1.99. The first-order chi connectivity index (χ1) is 8.69. The van der Waals surface area contributed by atoms with E-state index in [4.69, 9.17) is 26.8 Å². The number of hydrogen-bond donors (Lipinski definition) is 2. The van der Waals surface area contributed by atoms with Gasteiger partial charge in [-0.25, -0.2) is 0 Å². The molecule has 0 aliphatic heterocycles. The minimum atomic E-state index is 0.436. The van der Waals surface area contributed by atoms with Gasteiger partial charge in [0, 0.05) is 5.56 Å². The molecule has 0 radical (unpaired) electrons. The highest BCUT2D eigenvalue weighted by atomic mass is 35.5. The van der Waals surface area contributed by atoms with Crippen LogP contribution in [0.1, 0.15) is 6.92 Å². The second-order valence-corrected chi connectivity index (χ2v) is 3.99. The molecule has 1 heterocycles. The van der Waals surface area contributed by atoms with E-state index >= 15 is 0 Å². The minimum absolute atomic E-state index is 0.436. The fourth-order valence-electron chi connectivity index (χ4n) is 1.73. The molecule has 0 amide bonds. The Morgan fingerprint density at radius 1 is 1.44 bits per heavy atom. The predicted octanol–water partition coefficient (Wildman–Crippen LogP) is 2.72. The molecular formula is C12H14ClN3O2. The van der Waals surface area contributed by atoms with Gasteiger partial charge in [0.25, 0.3) is 0 Å². The molecule has 0 spiro atoms. The van der Waals surface area contributed by atoms with Crippen LogP contribution in [0.5, 0.6) is 11.5 Å². The molecule has 0 aliphatic rings. The normalized spacial score (nSPS) is 10.4. The monoisotopic (exact) mass is 267 g/mol. The average Bonchev–Trinajstić information content (AvgIpc) is 2.76. The molecule has 0 atom stereocenters. The first-order valence-corrected chi connectivity index (χ1v) is 5.85. The highest BCUT2D eigenvalue weighted by Gasteiger charge is 2.19. The molecule has 2 rings (SSSR count). The fourth-order valence-corrected chi connectivity index (χ4v) is 1.98. The number of halogens is 1. The Kier molecular flexibility index (Phi) is 3.62. The van der Waals surface area contributed by atoms with Crippen LogP contribution < -0.4 is 15.2 Å². The Morgan fingerprint density at radius 2 is 2.22 bits per heavy atom. The van der Waals surface area contributed by atoms with Crippen LogP contribution in [0.2, 0.25) is 5.02 Å². The van der Waals surface area contributed by atoms with E-state index in [-0.39, 0.29) is 0 Å². The lowest BCUT2D eigenvalue weighted by molar-refractivity contribution is 0.312. The van der Waals surface area contributed by atoms with Crippen molar-refractivity contribution in [2.24, 2.45) is 0 Å². The number of nitrogens with zero attached hydrogens (tertiary/aromatic N) is 1. The van der Waals surface area contributed by atoms with Crippen LogP contribution in [0.3, 0.4) is 0 Å². The number of ether oxygens (including phenoxy) is 2. The highest BCUT2D eigenvalue weighted by Crippen LogP contribution is 2.44.